The van der Waals surface area contributed by atoms with Crippen molar-refractivity contribution >= 4 is 11.9 Å². The highest BCUT2D eigenvalue weighted by atomic mass is 16.4. The average molecular weight is 375 g/mol. The Morgan fingerprint density at radius 3 is 1.08 bits per heavy atom. The SMILES string of the molecule is CC(C)(CCCCCCCCCCC(C)(C)[C@@H](O)C(=O)O)[C@H](O)C(=O)O. The molecule has 0 fully saturated rings. The highest BCUT2D eigenvalue weighted by Gasteiger charge is 2.33. The molecule has 0 aromatic carbocycles. The second kappa shape index (κ2) is 11.5. The summed E-state index contributed by atoms with van der Waals surface area (Å²) in [4.78, 5) is 21.7. The zero-order chi connectivity index (χ0) is 20.4. The van der Waals surface area contributed by atoms with Crippen LogP contribution in [0.1, 0.15) is 91.9 Å². The molecule has 0 spiro atoms. The van der Waals surface area contributed by atoms with E-state index in [1.54, 1.807) is 27.7 Å². The van der Waals surface area contributed by atoms with Crippen LogP contribution in [0.2, 0.25) is 0 Å². The Morgan fingerprint density at radius 2 is 0.846 bits per heavy atom. The molecule has 0 saturated carbocycles. The number of hydrogen-bond acceptors (Lipinski definition) is 4. The Morgan fingerprint density at radius 1 is 0.615 bits per heavy atom. The van der Waals surface area contributed by atoms with Gasteiger partial charge in [0, 0.05) is 10.8 Å². The molecule has 0 aliphatic carbocycles. The minimum absolute atomic E-state index is 0.598. The van der Waals surface area contributed by atoms with Gasteiger partial charge in [0.15, 0.2) is 12.2 Å². The molecule has 6 heteroatoms. The number of rotatable bonds is 15. The quantitative estimate of drug-likeness (QED) is 0.324. The number of aliphatic hydroxyl groups is 2. The summed E-state index contributed by atoms with van der Waals surface area (Å²) < 4.78 is 0. The zero-order valence-corrected chi connectivity index (χ0v) is 16.8. The van der Waals surface area contributed by atoms with Gasteiger partial charge in [0.25, 0.3) is 0 Å². The number of carboxylic acid groups (broad SMARTS) is 2. The lowest BCUT2D eigenvalue weighted by Gasteiger charge is -2.27. The Kier molecular flexibility index (Phi) is 11.0. The van der Waals surface area contributed by atoms with E-state index in [1.165, 1.54) is 0 Å². The summed E-state index contributed by atoms with van der Waals surface area (Å²) in [5.41, 5.74) is -1.20. The fourth-order valence-electron chi connectivity index (χ4n) is 3.16. The largest absolute Gasteiger partial charge is 0.479 e. The molecule has 0 aromatic rings. The number of carboxylic acids is 2. The molecule has 0 saturated heterocycles. The average Bonchev–Trinajstić information content (AvgIpc) is 2.54. The van der Waals surface area contributed by atoms with Crippen LogP contribution in [0, 0.1) is 10.8 Å². The van der Waals surface area contributed by atoms with E-state index in [0.717, 1.165) is 51.4 Å². The fraction of sp³-hybridized carbons (Fsp3) is 0.900. The van der Waals surface area contributed by atoms with Gasteiger partial charge in [-0.15, -0.1) is 0 Å². The molecule has 0 bridgehead atoms. The predicted molar refractivity (Wildman–Crippen MR) is 101 cm³/mol. The third-order valence-corrected chi connectivity index (χ3v) is 5.34. The van der Waals surface area contributed by atoms with Gasteiger partial charge in [0.05, 0.1) is 0 Å². The lowest BCUT2D eigenvalue weighted by atomic mass is 9.81. The van der Waals surface area contributed by atoms with Crippen molar-refractivity contribution in [1.82, 2.24) is 0 Å². The number of unbranched alkanes of at least 4 members (excludes halogenated alkanes) is 7. The normalized spacial score (nSPS) is 14.8. The Hall–Kier alpha value is -1.14. The van der Waals surface area contributed by atoms with Crippen molar-refractivity contribution in [2.24, 2.45) is 10.8 Å². The summed E-state index contributed by atoms with van der Waals surface area (Å²) in [5.74, 6) is -2.32. The number of aliphatic carboxylic acids is 2. The lowest BCUT2D eigenvalue weighted by Crippen LogP contribution is -2.36. The third-order valence-electron chi connectivity index (χ3n) is 5.34. The highest BCUT2D eigenvalue weighted by Crippen LogP contribution is 2.29. The number of hydrogen-bond donors (Lipinski definition) is 4. The van der Waals surface area contributed by atoms with Crippen LogP contribution in [0.3, 0.4) is 0 Å². The van der Waals surface area contributed by atoms with Crippen LogP contribution >= 0.6 is 0 Å². The topological polar surface area (TPSA) is 115 Å². The molecule has 6 nitrogen and oxygen atoms in total. The van der Waals surface area contributed by atoms with E-state index >= 15 is 0 Å². The molecule has 0 heterocycles. The van der Waals surface area contributed by atoms with Gasteiger partial charge < -0.3 is 20.4 Å². The van der Waals surface area contributed by atoms with Crippen LogP contribution < -0.4 is 0 Å². The molecule has 0 unspecified atom stereocenters. The summed E-state index contributed by atoms with van der Waals surface area (Å²) >= 11 is 0. The molecule has 0 radical (unpaired) electrons. The molecule has 154 valence electrons. The van der Waals surface area contributed by atoms with Crippen molar-refractivity contribution in [3.63, 3.8) is 0 Å². The second-order valence-electron chi connectivity index (χ2n) is 8.79. The molecular formula is C20H38O6. The van der Waals surface area contributed by atoms with Gasteiger partial charge in [-0.25, -0.2) is 9.59 Å². The van der Waals surface area contributed by atoms with Gasteiger partial charge in [-0.05, 0) is 12.8 Å². The minimum Gasteiger partial charge on any atom is -0.479 e. The maximum absolute atomic E-state index is 10.8. The van der Waals surface area contributed by atoms with Crippen LogP contribution in [-0.4, -0.2) is 44.6 Å². The monoisotopic (exact) mass is 374 g/mol. The lowest BCUT2D eigenvalue weighted by molar-refractivity contribution is -0.154. The van der Waals surface area contributed by atoms with Gasteiger partial charge in [-0.3, -0.25) is 0 Å². The van der Waals surface area contributed by atoms with E-state index in [2.05, 4.69) is 0 Å². The van der Waals surface area contributed by atoms with E-state index in [0.29, 0.717) is 12.8 Å². The van der Waals surface area contributed by atoms with Crippen molar-refractivity contribution in [2.45, 2.75) is 104 Å². The van der Waals surface area contributed by atoms with Gasteiger partial charge in [0.2, 0.25) is 0 Å². The Bertz CT molecular complexity index is 390. The first kappa shape index (κ1) is 24.9. The van der Waals surface area contributed by atoms with Crippen molar-refractivity contribution in [1.29, 1.82) is 0 Å². The fourth-order valence-corrected chi connectivity index (χ4v) is 3.16. The van der Waals surface area contributed by atoms with Crippen molar-refractivity contribution in [3.8, 4) is 0 Å². The molecule has 0 amide bonds. The maximum Gasteiger partial charge on any atom is 0.333 e. The predicted octanol–water partition coefficient (Wildman–Crippen LogP) is 3.83. The molecule has 0 aromatic heterocycles. The van der Waals surface area contributed by atoms with Crippen LogP contribution in [0.5, 0.6) is 0 Å². The molecular weight excluding hydrogens is 336 g/mol. The number of carbonyl (C=O) groups is 2. The summed E-state index contributed by atoms with van der Waals surface area (Å²) in [5, 5.41) is 37.1. The molecule has 0 aliphatic heterocycles. The van der Waals surface area contributed by atoms with Gasteiger partial charge in [-0.2, -0.15) is 0 Å². The van der Waals surface area contributed by atoms with Crippen molar-refractivity contribution in [2.75, 3.05) is 0 Å². The van der Waals surface area contributed by atoms with Gasteiger partial charge >= 0.3 is 11.9 Å². The molecule has 0 rings (SSSR count). The standard InChI is InChI=1S/C20H38O6/c1-19(2,15(21)17(23)24)13-11-9-7-5-6-8-10-12-14-20(3,4)16(22)18(25)26/h15-16,21-22H,5-14H2,1-4H3,(H,23,24)(H,25,26)/t15-,16+. The summed E-state index contributed by atoms with van der Waals surface area (Å²) in [6.07, 6.45) is 7.12. The second-order valence-corrected chi connectivity index (χ2v) is 8.79. The summed E-state index contributed by atoms with van der Waals surface area (Å²) in [6, 6.07) is 0. The van der Waals surface area contributed by atoms with E-state index in [9.17, 15) is 19.8 Å². The highest BCUT2D eigenvalue weighted by molar-refractivity contribution is 5.73. The van der Waals surface area contributed by atoms with Crippen LogP contribution in [-0.2, 0) is 9.59 Å². The van der Waals surface area contributed by atoms with E-state index in [1.807, 2.05) is 0 Å². The molecule has 26 heavy (non-hydrogen) atoms. The molecule has 2 atom stereocenters. The van der Waals surface area contributed by atoms with E-state index in [4.69, 9.17) is 10.2 Å². The minimum atomic E-state index is -1.31. The maximum atomic E-state index is 10.8. The van der Waals surface area contributed by atoms with Crippen LogP contribution in [0.4, 0.5) is 0 Å². The molecule has 4 N–H and O–H groups in total. The van der Waals surface area contributed by atoms with E-state index in [-0.39, 0.29) is 0 Å². The molecule has 0 aliphatic rings. The first-order valence-corrected chi connectivity index (χ1v) is 9.73. The van der Waals surface area contributed by atoms with Gasteiger partial charge in [-0.1, -0.05) is 79.1 Å². The summed E-state index contributed by atoms with van der Waals surface area (Å²) in [6.45, 7) is 7.15. The van der Waals surface area contributed by atoms with E-state index < -0.39 is 35.0 Å². The summed E-state index contributed by atoms with van der Waals surface area (Å²) in [7, 11) is 0. The zero-order valence-electron chi connectivity index (χ0n) is 16.8. The number of aliphatic hydroxyl groups excluding tert-OH is 2. The van der Waals surface area contributed by atoms with Crippen LogP contribution in [0.15, 0.2) is 0 Å². The first-order chi connectivity index (χ1) is 11.9. The Labute approximate surface area is 157 Å². The van der Waals surface area contributed by atoms with Crippen LogP contribution in [0.25, 0.3) is 0 Å². The smallest absolute Gasteiger partial charge is 0.333 e. The Balaban J connectivity index is 3.69. The van der Waals surface area contributed by atoms with Crippen molar-refractivity contribution < 1.29 is 30.0 Å². The first-order valence-electron chi connectivity index (χ1n) is 9.73. The third kappa shape index (κ3) is 9.53. The van der Waals surface area contributed by atoms with Gasteiger partial charge in [0.1, 0.15) is 0 Å². The van der Waals surface area contributed by atoms with Crippen molar-refractivity contribution in [3.05, 3.63) is 0 Å².